The van der Waals surface area contributed by atoms with Gasteiger partial charge in [0.25, 0.3) is 0 Å². The quantitative estimate of drug-likeness (QED) is 0.870. The molecule has 1 heterocycles. The smallest absolute Gasteiger partial charge is 0.0364 e. The third kappa shape index (κ3) is 4.97. The maximum Gasteiger partial charge on any atom is 0.0364 e. The summed E-state index contributed by atoms with van der Waals surface area (Å²) in [6, 6.07) is 10.6. The van der Waals surface area contributed by atoms with Crippen LogP contribution in [0.15, 0.2) is 30.3 Å². The van der Waals surface area contributed by atoms with Crippen LogP contribution in [0.4, 0.5) is 5.69 Å². The molecule has 1 unspecified atom stereocenters. The number of hydrogen-bond acceptors (Lipinski definition) is 3. The maximum absolute atomic E-state index is 3.47. The van der Waals surface area contributed by atoms with Crippen LogP contribution < -0.4 is 10.2 Å². The molecule has 0 radical (unpaired) electrons. The summed E-state index contributed by atoms with van der Waals surface area (Å²) in [5, 5.41) is 3.47. The van der Waals surface area contributed by atoms with E-state index in [0.29, 0.717) is 5.41 Å². The van der Waals surface area contributed by atoms with E-state index in [9.17, 15) is 0 Å². The minimum atomic E-state index is 0. The van der Waals surface area contributed by atoms with E-state index in [1.807, 2.05) is 0 Å². The van der Waals surface area contributed by atoms with Crippen molar-refractivity contribution in [3.63, 3.8) is 0 Å². The van der Waals surface area contributed by atoms with Gasteiger partial charge < -0.3 is 15.1 Å². The second-order valence-electron chi connectivity index (χ2n) is 6.23. The van der Waals surface area contributed by atoms with Gasteiger partial charge in [0.2, 0.25) is 0 Å². The molecule has 114 valence electrons. The van der Waals surface area contributed by atoms with E-state index in [1.54, 1.807) is 0 Å². The van der Waals surface area contributed by atoms with Crippen molar-refractivity contribution in [1.82, 2.24) is 10.2 Å². The molecule has 0 spiro atoms. The number of halogens is 1. The summed E-state index contributed by atoms with van der Waals surface area (Å²) in [5.74, 6) is 0. The van der Waals surface area contributed by atoms with Crippen LogP contribution in [-0.4, -0.2) is 51.7 Å². The number of nitrogens with one attached hydrogen (secondary N) is 1. The summed E-state index contributed by atoms with van der Waals surface area (Å²) in [6.07, 6.45) is 1.30. The van der Waals surface area contributed by atoms with Gasteiger partial charge in [-0.3, -0.25) is 0 Å². The van der Waals surface area contributed by atoms with Crippen molar-refractivity contribution in [3.05, 3.63) is 30.3 Å². The lowest BCUT2D eigenvalue weighted by molar-refractivity contribution is 0.213. The Morgan fingerprint density at radius 2 is 1.85 bits per heavy atom. The van der Waals surface area contributed by atoms with Crippen LogP contribution in [0, 0.1) is 5.41 Å². The Bertz CT molecular complexity index is 377. The number of benzene rings is 1. The Morgan fingerprint density at radius 3 is 2.45 bits per heavy atom. The first-order valence-corrected chi connectivity index (χ1v) is 7.25. The van der Waals surface area contributed by atoms with Crippen LogP contribution in [0.3, 0.4) is 0 Å². The molecule has 1 aromatic rings. The van der Waals surface area contributed by atoms with Crippen LogP contribution >= 0.6 is 12.4 Å². The molecule has 1 aromatic carbocycles. The average Bonchev–Trinajstić information content (AvgIpc) is 2.83. The van der Waals surface area contributed by atoms with E-state index in [2.05, 4.69) is 66.5 Å². The molecule has 20 heavy (non-hydrogen) atoms. The van der Waals surface area contributed by atoms with Gasteiger partial charge in [0, 0.05) is 38.9 Å². The number of anilines is 1. The number of likely N-dealkylation sites (N-methyl/N-ethyl adjacent to an activating group) is 2. The van der Waals surface area contributed by atoms with Gasteiger partial charge in [-0.05, 0) is 37.6 Å². The molecule has 1 N–H and O–H groups in total. The maximum atomic E-state index is 3.47. The summed E-state index contributed by atoms with van der Waals surface area (Å²) in [4.78, 5) is 4.79. The fourth-order valence-corrected chi connectivity index (χ4v) is 2.87. The standard InChI is InChI=1S/C16H27N3.ClH/c1-16(9-10-17-13-16)14-18(2)11-12-19(3)15-7-5-4-6-8-15;/h4-8,17H,9-14H2,1-3H3;1H. The summed E-state index contributed by atoms with van der Waals surface area (Å²) >= 11 is 0. The number of rotatable bonds is 6. The number of nitrogens with zero attached hydrogens (tertiary/aromatic N) is 2. The highest BCUT2D eigenvalue weighted by atomic mass is 35.5. The van der Waals surface area contributed by atoms with E-state index in [1.165, 1.54) is 25.2 Å². The predicted octanol–water partition coefficient (Wildman–Crippen LogP) is 2.48. The Labute approximate surface area is 129 Å². The summed E-state index contributed by atoms with van der Waals surface area (Å²) in [7, 11) is 4.41. The van der Waals surface area contributed by atoms with Gasteiger partial charge in [0.05, 0.1) is 0 Å². The van der Waals surface area contributed by atoms with Gasteiger partial charge in [-0.15, -0.1) is 12.4 Å². The van der Waals surface area contributed by atoms with Crippen molar-refractivity contribution in [3.8, 4) is 0 Å². The first-order chi connectivity index (χ1) is 9.09. The lowest BCUT2D eigenvalue weighted by Gasteiger charge is -2.30. The van der Waals surface area contributed by atoms with E-state index >= 15 is 0 Å². The van der Waals surface area contributed by atoms with Crippen molar-refractivity contribution < 1.29 is 0 Å². The number of para-hydroxylation sites is 1. The molecule has 4 heteroatoms. The molecule has 0 amide bonds. The van der Waals surface area contributed by atoms with Crippen molar-refractivity contribution in [2.75, 3.05) is 51.7 Å². The summed E-state index contributed by atoms with van der Waals surface area (Å²) in [6.45, 7) is 8.10. The molecule has 1 aliphatic heterocycles. The summed E-state index contributed by atoms with van der Waals surface area (Å²) in [5.41, 5.74) is 1.75. The second-order valence-corrected chi connectivity index (χ2v) is 6.23. The van der Waals surface area contributed by atoms with Gasteiger partial charge in [0.15, 0.2) is 0 Å². The van der Waals surface area contributed by atoms with Gasteiger partial charge in [0.1, 0.15) is 0 Å². The third-order valence-corrected chi connectivity index (χ3v) is 4.12. The normalized spacial score (nSPS) is 21.8. The molecular weight excluding hydrogens is 270 g/mol. The zero-order valence-corrected chi connectivity index (χ0v) is 13.7. The predicted molar refractivity (Wildman–Crippen MR) is 90.1 cm³/mol. The molecule has 1 saturated heterocycles. The van der Waals surface area contributed by atoms with Gasteiger partial charge in [-0.1, -0.05) is 25.1 Å². The number of hydrogen-bond donors (Lipinski definition) is 1. The average molecular weight is 298 g/mol. The molecule has 3 nitrogen and oxygen atoms in total. The molecule has 0 bridgehead atoms. The Morgan fingerprint density at radius 1 is 1.15 bits per heavy atom. The third-order valence-electron chi connectivity index (χ3n) is 4.12. The van der Waals surface area contributed by atoms with E-state index < -0.39 is 0 Å². The summed E-state index contributed by atoms with van der Waals surface area (Å²) < 4.78 is 0. The van der Waals surface area contributed by atoms with Gasteiger partial charge in [-0.2, -0.15) is 0 Å². The van der Waals surface area contributed by atoms with Crippen molar-refractivity contribution in [1.29, 1.82) is 0 Å². The van der Waals surface area contributed by atoms with E-state index in [4.69, 9.17) is 0 Å². The molecule has 2 rings (SSSR count). The highest BCUT2D eigenvalue weighted by molar-refractivity contribution is 5.85. The Balaban J connectivity index is 0.00000200. The lowest BCUT2D eigenvalue weighted by atomic mass is 9.89. The molecule has 0 aromatic heterocycles. The van der Waals surface area contributed by atoms with Crippen LogP contribution in [0.1, 0.15) is 13.3 Å². The SMILES string of the molecule is CN(CCN(C)c1ccccc1)CC1(C)CCNC1.Cl. The molecule has 0 saturated carbocycles. The molecule has 0 aliphatic carbocycles. The highest BCUT2D eigenvalue weighted by Gasteiger charge is 2.29. The van der Waals surface area contributed by atoms with Crippen LogP contribution in [-0.2, 0) is 0 Å². The van der Waals surface area contributed by atoms with Crippen molar-refractivity contribution in [2.45, 2.75) is 13.3 Å². The fourth-order valence-electron chi connectivity index (χ4n) is 2.87. The van der Waals surface area contributed by atoms with Crippen molar-refractivity contribution >= 4 is 18.1 Å². The van der Waals surface area contributed by atoms with E-state index in [0.717, 1.165) is 19.6 Å². The Kier molecular flexibility index (Phi) is 6.80. The molecule has 1 aliphatic rings. The molecule has 1 fully saturated rings. The van der Waals surface area contributed by atoms with Gasteiger partial charge in [-0.25, -0.2) is 0 Å². The highest BCUT2D eigenvalue weighted by Crippen LogP contribution is 2.25. The van der Waals surface area contributed by atoms with Crippen LogP contribution in [0.5, 0.6) is 0 Å². The van der Waals surface area contributed by atoms with Crippen molar-refractivity contribution in [2.24, 2.45) is 5.41 Å². The zero-order valence-electron chi connectivity index (χ0n) is 12.9. The Hall–Kier alpha value is -0.770. The van der Waals surface area contributed by atoms with Crippen LogP contribution in [0.25, 0.3) is 0 Å². The monoisotopic (exact) mass is 297 g/mol. The van der Waals surface area contributed by atoms with Crippen LogP contribution in [0.2, 0.25) is 0 Å². The van der Waals surface area contributed by atoms with E-state index in [-0.39, 0.29) is 12.4 Å². The topological polar surface area (TPSA) is 18.5 Å². The zero-order chi connectivity index (χ0) is 13.7. The second kappa shape index (κ2) is 7.87. The first-order valence-electron chi connectivity index (χ1n) is 7.25. The minimum absolute atomic E-state index is 0. The molecular formula is C16H28ClN3. The minimum Gasteiger partial charge on any atom is -0.373 e. The van der Waals surface area contributed by atoms with Gasteiger partial charge >= 0.3 is 0 Å². The molecule has 1 atom stereocenters. The fraction of sp³-hybridized carbons (Fsp3) is 0.625. The first kappa shape index (κ1) is 17.3. The largest absolute Gasteiger partial charge is 0.373 e. The lowest BCUT2D eigenvalue weighted by Crippen LogP contribution is -2.38.